The van der Waals surface area contributed by atoms with E-state index in [1.807, 2.05) is 38.2 Å². The zero-order chi connectivity index (χ0) is 15.1. The van der Waals surface area contributed by atoms with Gasteiger partial charge in [-0.25, -0.2) is 4.39 Å². The van der Waals surface area contributed by atoms with Crippen LogP contribution in [0.1, 0.15) is 18.9 Å². The molecule has 0 aromatic heterocycles. The van der Waals surface area contributed by atoms with Gasteiger partial charge in [0.25, 0.3) is 0 Å². The molecule has 0 bridgehead atoms. The quantitative estimate of drug-likeness (QED) is 0.831. The number of benzene rings is 2. The van der Waals surface area contributed by atoms with Gasteiger partial charge >= 0.3 is 0 Å². The molecule has 0 saturated heterocycles. The summed E-state index contributed by atoms with van der Waals surface area (Å²) in [7, 11) is 1.81. The van der Waals surface area contributed by atoms with Crippen LogP contribution in [0.25, 0.3) is 0 Å². The first-order valence-corrected chi connectivity index (χ1v) is 7.08. The van der Waals surface area contributed by atoms with Crippen LogP contribution in [0.3, 0.4) is 0 Å². The maximum absolute atomic E-state index is 14.0. The van der Waals surface area contributed by atoms with Crippen molar-refractivity contribution in [1.82, 2.24) is 5.32 Å². The first-order valence-electron chi connectivity index (χ1n) is 7.08. The molecule has 0 atom stereocenters. The molecule has 2 rings (SSSR count). The lowest BCUT2D eigenvalue weighted by molar-refractivity contribution is 0.300. The zero-order valence-electron chi connectivity index (χ0n) is 12.4. The molecule has 0 heterocycles. The van der Waals surface area contributed by atoms with E-state index in [0.717, 1.165) is 12.0 Å². The number of rotatable bonds is 7. The number of nitrogens with one attached hydrogen (secondary N) is 1. The van der Waals surface area contributed by atoms with Crippen molar-refractivity contribution < 1.29 is 13.9 Å². The molecule has 3 nitrogen and oxygen atoms in total. The number of hydrogen-bond acceptors (Lipinski definition) is 3. The summed E-state index contributed by atoms with van der Waals surface area (Å²) in [6, 6.07) is 12.2. The lowest BCUT2D eigenvalue weighted by Gasteiger charge is -2.15. The van der Waals surface area contributed by atoms with Crippen molar-refractivity contribution in [2.75, 3.05) is 13.7 Å². The van der Waals surface area contributed by atoms with E-state index in [4.69, 9.17) is 9.47 Å². The molecule has 0 unspecified atom stereocenters. The van der Waals surface area contributed by atoms with E-state index in [1.54, 1.807) is 12.1 Å². The number of para-hydroxylation sites is 3. The van der Waals surface area contributed by atoms with Crippen LogP contribution in [0, 0.1) is 5.82 Å². The largest absolute Gasteiger partial charge is 0.490 e. The van der Waals surface area contributed by atoms with Crippen molar-refractivity contribution in [1.29, 1.82) is 0 Å². The maximum atomic E-state index is 14.0. The molecule has 1 N–H and O–H groups in total. The highest BCUT2D eigenvalue weighted by atomic mass is 19.1. The standard InChI is InChI=1S/C17H20FNO2/c1-3-11-20-15-9-4-5-10-16(15)21-17-13(12-19-2)7-6-8-14(17)18/h4-10,19H,3,11-12H2,1-2H3. The minimum absolute atomic E-state index is 0.236. The Morgan fingerprint density at radius 2 is 1.81 bits per heavy atom. The van der Waals surface area contributed by atoms with E-state index in [0.29, 0.717) is 24.7 Å². The second kappa shape index (κ2) is 7.64. The van der Waals surface area contributed by atoms with Crippen LogP contribution in [0.4, 0.5) is 4.39 Å². The molecule has 2 aromatic rings. The smallest absolute Gasteiger partial charge is 0.169 e. The Balaban J connectivity index is 2.29. The Morgan fingerprint density at radius 3 is 2.52 bits per heavy atom. The Bertz CT molecular complexity index is 587. The third-order valence-corrected chi connectivity index (χ3v) is 2.94. The maximum Gasteiger partial charge on any atom is 0.169 e. The predicted molar refractivity (Wildman–Crippen MR) is 81.5 cm³/mol. The van der Waals surface area contributed by atoms with Crippen LogP contribution in [0.5, 0.6) is 17.2 Å². The molecule has 21 heavy (non-hydrogen) atoms. The highest BCUT2D eigenvalue weighted by Gasteiger charge is 2.13. The van der Waals surface area contributed by atoms with E-state index in [-0.39, 0.29) is 11.6 Å². The lowest BCUT2D eigenvalue weighted by Crippen LogP contribution is -2.07. The van der Waals surface area contributed by atoms with E-state index < -0.39 is 0 Å². The normalized spacial score (nSPS) is 10.4. The Labute approximate surface area is 124 Å². The van der Waals surface area contributed by atoms with Crippen LogP contribution in [0.15, 0.2) is 42.5 Å². The molecule has 4 heteroatoms. The highest BCUT2D eigenvalue weighted by Crippen LogP contribution is 2.34. The molecule has 0 aliphatic heterocycles. The van der Waals surface area contributed by atoms with E-state index >= 15 is 0 Å². The van der Waals surface area contributed by atoms with Crippen LogP contribution in [-0.4, -0.2) is 13.7 Å². The van der Waals surface area contributed by atoms with Gasteiger partial charge in [-0.1, -0.05) is 31.2 Å². The molecule has 0 aliphatic rings. The van der Waals surface area contributed by atoms with Gasteiger partial charge < -0.3 is 14.8 Å². The van der Waals surface area contributed by atoms with Gasteiger partial charge in [-0.05, 0) is 31.7 Å². The van der Waals surface area contributed by atoms with Gasteiger partial charge in [0, 0.05) is 12.1 Å². The molecule has 2 aromatic carbocycles. The number of halogens is 1. The monoisotopic (exact) mass is 289 g/mol. The zero-order valence-corrected chi connectivity index (χ0v) is 12.4. The summed E-state index contributed by atoms with van der Waals surface area (Å²) in [5.41, 5.74) is 0.766. The molecule has 0 aliphatic carbocycles. The lowest BCUT2D eigenvalue weighted by atomic mass is 10.2. The fraction of sp³-hybridized carbons (Fsp3) is 0.294. The first-order chi connectivity index (χ1) is 10.3. The van der Waals surface area contributed by atoms with Gasteiger partial charge in [0.15, 0.2) is 23.1 Å². The molecule has 0 spiro atoms. The second-order valence-corrected chi connectivity index (χ2v) is 4.66. The third-order valence-electron chi connectivity index (χ3n) is 2.94. The average molecular weight is 289 g/mol. The minimum Gasteiger partial charge on any atom is -0.490 e. The van der Waals surface area contributed by atoms with Crippen LogP contribution in [0.2, 0.25) is 0 Å². The van der Waals surface area contributed by atoms with Crippen molar-refractivity contribution >= 4 is 0 Å². The molecular formula is C17H20FNO2. The molecular weight excluding hydrogens is 269 g/mol. The second-order valence-electron chi connectivity index (χ2n) is 4.66. The third kappa shape index (κ3) is 3.95. The van der Waals surface area contributed by atoms with Gasteiger partial charge in [-0.2, -0.15) is 0 Å². The average Bonchev–Trinajstić information content (AvgIpc) is 2.50. The topological polar surface area (TPSA) is 30.5 Å². The van der Waals surface area contributed by atoms with Gasteiger partial charge in [-0.3, -0.25) is 0 Å². The predicted octanol–water partition coefficient (Wildman–Crippen LogP) is 4.13. The Kier molecular flexibility index (Phi) is 5.58. The van der Waals surface area contributed by atoms with Gasteiger partial charge in [-0.15, -0.1) is 0 Å². The molecule has 0 radical (unpaired) electrons. The first kappa shape index (κ1) is 15.3. The van der Waals surface area contributed by atoms with Crippen LogP contribution < -0.4 is 14.8 Å². The Morgan fingerprint density at radius 1 is 1.05 bits per heavy atom. The highest BCUT2D eigenvalue weighted by molar-refractivity contribution is 5.45. The fourth-order valence-electron chi connectivity index (χ4n) is 1.97. The van der Waals surface area contributed by atoms with Crippen molar-refractivity contribution in [2.45, 2.75) is 19.9 Å². The van der Waals surface area contributed by atoms with Crippen LogP contribution >= 0.6 is 0 Å². The van der Waals surface area contributed by atoms with E-state index in [9.17, 15) is 4.39 Å². The summed E-state index contributed by atoms with van der Waals surface area (Å²) in [6.45, 7) is 3.16. The Hall–Kier alpha value is -2.07. The van der Waals surface area contributed by atoms with E-state index in [2.05, 4.69) is 5.32 Å². The minimum atomic E-state index is -0.381. The van der Waals surface area contributed by atoms with Crippen molar-refractivity contribution in [2.24, 2.45) is 0 Å². The fourth-order valence-corrected chi connectivity index (χ4v) is 1.97. The van der Waals surface area contributed by atoms with Crippen molar-refractivity contribution in [3.8, 4) is 17.2 Å². The summed E-state index contributed by atoms with van der Waals surface area (Å²) in [4.78, 5) is 0. The summed E-state index contributed by atoms with van der Waals surface area (Å²) < 4.78 is 25.5. The van der Waals surface area contributed by atoms with E-state index in [1.165, 1.54) is 6.07 Å². The number of ether oxygens (including phenoxy) is 2. The molecule has 112 valence electrons. The molecule has 0 fully saturated rings. The van der Waals surface area contributed by atoms with Crippen molar-refractivity contribution in [3.05, 3.63) is 53.8 Å². The molecule has 0 amide bonds. The van der Waals surface area contributed by atoms with Gasteiger partial charge in [0.1, 0.15) is 0 Å². The van der Waals surface area contributed by atoms with Gasteiger partial charge in [0.2, 0.25) is 0 Å². The summed E-state index contributed by atoms with van der Waals surface area (Å²) in [6.07, 6.45) is 0.902. The summed E-state index contributed by atoms with van der Waals surface area (Å²) in [5, 5.41) is 3.01. The van der Waals surface area contributed by atoms with Crippen molar-refractivity contribution in [3.63, 3.8) is 0 Å². The van der Waals surface area contributed by atoms with Crippen LogP contribution in [-0.2, 0) is 6.54 Å². The SMILES string of the molecule is CCCOc1ccccc1Oc1c(F)cccc1CNC. The summed E-state index contributed by atoms with van der Waals surface area (Å²) >= 11 is 0. The number of hydrogen-bond donors (Lipinski definition) is 1. The van der Waals surface area contributed by atoms with Gasteiger partial charge in [0.05, 0.1) is 6.61 Å². The summed E-state index contributed by atoms with van der Waals surface area (Å²) in [5.74, 6) is 0.999. The molecule has 0 saturated carbocycles.